The van der Waals surface area contributed by atoms with Crippen LogP contribution in [0.2, 0.25) is 0 Å². The van der Waals surface area contributed by atoms with E-state index in [9.17, 15) is 0 Å². The smallest absolute Gasteiger partial charge is 0.145 e. The van der Waals surface area contributed by atoms with Crippen LogP contribution in [0.25, 0.3) is 10.7 Å². The van der Waals surface area contributed by atoms with E-state index in [-0.39, 0.29) is 0 Å². The number of aryl methyl sites for hydroxylation is 1. The van der Waals surface area contributed by atoms with Gasteiger partial charge in [-0.1, -0.05) is 17.3 Å². The number of piperazine rings is 1. The van der Waals surface area contributed by atoms with Gasteiger partial charge in [0.1, 0.15) is 22.2 Å². The Morgan fingerprint density at radius 3 is 2.81 bits per heavy atom. The maximum Gasteiger partial charge on any atom is 0.145 e. The maximum atomic E-state index is 5.49. The van der Waals surface area contributed by atoms with Crippen LogP contribution < -0.4 is 9.64 Å². The van der Waals surface area contributed by atoms with Gasteiger partial charge in [0.2, 0.25) is 0 Å². The Labute approximate surface area is 163 Å². The fraction of sp³-hybridized carbons (Fsp3) is 0.400. The van der Waals surface area contributed by atoms with Gasteiger partial charge in [-0.3, -0.25) is 4.90 Å². The molecule has 2 aromatic heterocycles. The number of hydrogen-bond donors (Lipinski definition) is 0. The van der Waals surface area contributed by atoms with Gasteiger partial charge in [-0.2, -0.15) is 0 Å². The molecule has 0 aliphatic carbocycles. The van der Waals surface area contributed by atoms with Crippen LogP contribution in [-0.2, 0) is 6.42 Å². The predicted octanol–water partition coefficient (Wildman–Crippen LogP) is 3.56. The Balaban J connectivity index is 1.23. The molecule has 7 heteroatoms. The molecule has 0 amide bonds. The Morgan fingerprint density at radius 2 is 2.04 bits per heavy atom. The van der Waals surface area contributed by atoms with Gasteiger partial charge in [-0.25, -0.2) is 4.98 Å². The zero-order valence-electron chi connectivity index (χ0n) is 15.5. The van der Waals surface area contributed by atoms with Crippen LogP contribution in [0.4, 0.5) is 5.69 Å². The van der Waals surface area contributed by atoms with Crippen LogP contribution in [0.3, 0.4) is 0 Å². The topological polar surface area (TPSA) is 54.6 Å². The largest absolute Gasteiger partial charge is 0.495 e. The number of thiazole rings is 1. The fourth-order valence-corrected chi connectivity index (χ4v) is 4.05. The molecule has 1 fully saturated rings. The van der Waals surface area contributed by atoms with Crippen molar-refractivity contribution in [1.29, 1.82) is 0 Å². The van der Waals surface area contributed by atoms with Crippen molar-refractivity contribution in [3.05, 3.63) is 47.7 Å². The highest BCUT2D eigenvalue weighted by Crippen LogP contribution is 2.28. The molecule has 1 aromatic carbocycles. The molecule has 27 heavy (non-hydrogen) atoms. The highest BCUT2D eigenvalue weighted by molar-refractivity contribution is 7.13. The number of para-hydroxylation sites is 2. The lowest BCUT2D eigenvalue weighted by Crippen LogP contribution is -2.46. The Kier molecular flexibility index (Phi) is 5.69. The van der Waals surface area contributed by atoms with Crippen LogP contribution >= 0.6 is 11.3 Å². The predicted molar refractivity (Wildman–Crippen MR) is 108 cm³/mol. The van der Waals surface area contributed by atoms with Gasteiger partial charge in [0.25, 0.3) is 0 Å². The Hall–Kier alpha value is -2.38. The van der Waals surface area contributed by atoms with Crippen molar-refractivity contribution in [2.45, 2.75) is 12.8 Å². The first kappa shape index (κ1) is 18.0. The first-order valence-corrected chi connectivity index (χ1v) is 10.2. The van der Waals surface area contributed by atoms with E-state index in [0.717, 1.165) is 67.8 Å². The summed E-state index contributed by atoms with van der Waals surface area (Å²) in [5.41, 5.74) is 2.03. The van der Waals surface area contributed by atoms with Gasteiger partial charge in [0, 0.05) is 50.2 Å². The van der Waals surface area contributed by atoms with Gasteiger partial charge in [-0.05, 0) is 25.1 Å². The molecule has 4 rings (SSSR count). The molecule has 0 atom stereocenters. The number of rotatable bonds is 7. The van der Waals surface area contributed by atoms with Crippen LogP contribution in [0.15, 0.2) is 46.4 Å². The summed E-state index contributed by atoms with van der Waals surface area (Å²) in [6.07, 6.45) is 3.77. The van der Waals surface area contributed by atoms with Gasteiger partial charge < -0.3 is 14.2 Å². The molecule has 0 radical (unpaired) electrons. The number of anilines is 1. The van der Waals surface area contributed by atoms with Crippen molar-refractivity contribution in [2.75, 3.05) is 44.7 Å². The molecule has 0 unspecified atom stereocenters. The molecule has 3 heterocycles. The molecule has 1 saturated heterocycles. The van der Waals surface area contributed by atoms with E-state index < -0.39 is 0 Å². The summed E-state index contributed by atoms with van der Waals surface area (Å²) in [5.74, 6) is 1.89. The van der Waals surface area contributed by atoms with E-state index in [1.165, 1.54) is 5.69 Å². The summed E-state index contributed by atoms with van der Waals surface area (Å²) >= 11 is 1.58. The fourth-order valence-electron chi connectivity index (χ4n) is 3.46. The van der Waals surface area contributed by atoms with Gasteiger partial charge in [0.05, 0.1) is 12.8 Å². The summed E-state index contributed by atoms with van der Waals surface area (Å²) in [7, 11) is 1.73. The van der Waals surface area contributed by atoms with Gasteiger partial charge in [-0.15, -0.1) is 11.3 Å². The van der Waals surface area contributed by atoms with E-state index in [0.29, 0.717) is 0 Å². The van der Waals surface area contributed by atoms with Gasteiger partial charge in [0.15, 0.2) is 0 Å². The van der Waals surface area contributed by atoms with Crippen LogP contribution in [0.5, 0.6) is 5.75 Å². The molecule has 0 saturated carbocycles. The Bertz CT molecular complexity index is 841. The van der Waals surface area contributed by atoms with E-state index in [4.69, 9.17) is 9.26 Å². The first-order chi connectivity index (χ1) is 13.3. The van der Waals surface area contributed by atoms with Crippen molar-refractivity contribution < 1.29 is 9.26 Å². The second-order valence-electron chi connectivity index (χ2n) is 6.62. The summed E-state index contributed by atoms with van der Waals surface area (Å²) in [4.78, 5) is 9.20. The zero-order chi connectivity index (χ0) is 18.5. The van der Waals surface area contributed by atoms with Crippen LogP contribution in [0, 0.1) is 0 Å². The lowest BCUT2D eigenvalue weighted by molar-refractivity contribution is 0.251. The minimum Gasteiger partial charge on any atom is -0.495 e. The first-order valence-electron chi connectivity index (χ1n) is 9.29. The standard InChI is InChI=1S/C20H24N4O2S/c1-25-19-7-3-2-6-18(19)24-12-10-23(11-13-24)9-4-5-16-15-17(22-26-16)20-21-8-14-27-20/h2-3,6-8,14-15H,4-5,9-13H2,1H3. The maximum absolute atomic E-state index is 5.49. The molecular weight excluding hydrogens is 360 g/mol. The molecule has 0 bridgehead atoms. The third-order valence-corrected chi connectivity index (χ3v) is 5.70. The van der Waals surface area contributed by atoms with E-state index in [2.05, 4.69) is 32.1 Å². The van der Waals surface area contributed by atoms with Crippen LogP contribution in [-0.4, -0.2) is 54.9 Å². The lowest BCUT2D eigenvalue weighted by Gasteiger charge is -2.36. The summed E-state index contributed by atoms with van der Waals surface area (Å²) < 4.78 is 10.9. The highest BCUT2D eigenvalue weighted by Gasteiger charge is 2.19. The summed E-state index contributed by atoms with van der Waals surface area (Å²) in [5, 5.41) is 6.99. The molecule has 0 spiro atoms. The zero-order valence-corrected chi connectivity index (χ0v) is 16.3. The van der Waals surface area contributed by atoms with Crippen molar-refractivity contribution in [1.82, 2.24) is 15.0 Å². The number of benzene rings is 1. The van der Waals surface area contributed by atoms with Crippen molar-refractivity contribution in [3.63, 3.8) is 0 Å². The SMILES string of the molecule is COc1ccccc1N1CCN(CCCc2cc(-c3nccs3)no2)CC1. The van der Waals surface area contributed by atoms with Crippen LogP contribution in [0.1, 0.15) is 12.2 Å². The molecule has 3 aromatic rings. The molecular formula is C20H24N4O2S. The average Bonchev–Trinajstić information content (AvgIpc) is 3.40. The summed E-state index contributed by atoms with van der Waals surface area (Å²) in [6.45, 7) is 5.26. The Morgan fingerprint density at radius 1 is 1.19 bits per heavy atom. The molecule has 0 N–H and O–H groups in total. The monoisotopic (exact) mass is 384 g/mol. The molecule has 1 aliphatic rings. The van der Waals surface area contributed by atoms with Crippen molar-refractivity contribution in [2.24, 2.45) is 0 Å². The van der Waals surface area contributed by atoms with Gasteiger partial charge >= 0.3 is 0 Å². The number of ether oxygens (including phenoxy) is 1. The number of aromatic nitrogens is 2. The number of methoxy groups -OCH3 is 1. The second-order valence-corrected chi connectivity index (χ2v) is 7.51. The van der Waals surface area contributed by atoms with Crippen molar-refractivity contribution in [3.8, 4) is 16.5 Å². The third kappa shape index (κ3) is 4.31. The van der Waals surface area contributed by atoms with Crippen molar-refractivity contribution >= 4 is 17.0 Å². The van der Waals surface area contributed by atoms with E-state index in [1.807, 2.05) is 23.6 Å². The summed E-state index contributed by atoms with van der Waals surface area (Å²) in [6, 6.07) is 10.3. The van der Waals surface area contributed by atoms with E-state index in [1.54, 1.807) is 24.6 Å². The number of nitrogens with zero attached hydrogens (tertiary/aromatic N) is 4. The quantitative estimate of drug-likeness (QED) is 0.621. The average molecular weight is 385 g/mol. The third-order valence-electron chi connectivity index (χ3n) is 4.91. The second kappa shape index (κ2) is 8.54. The van der Waals surface area contributed by atoms with E-state index >= 15 is 0 Å². The molecule has 6 nitrogen and oxygen atoms in total. The minimum absolute atomic E-state index is 0.838. The molecule has 1 aliphatic heterocycles. The normalized spacial score (nSPS) is 15.2. The molecule has 142 valence electrons. The lowest BCUT2D eigenvalue weighted by atomic mass is 10.2. The number of hydrogen-bond acceptors (Lipinski definition) is 7. The highest BCUT2D eigenvalue weighted by atomic mass is 32.1. The minimum atomic E-state index is 0.838.